The first-order valence-corrected chi connectivity index (χ1v) is 11.2. The van der Waals surface area contributed by atoms with Gasteiger partial charge < -0.3 is 0 Å². The highest BCUT2D eigenvalue weighted by Gasteiger charge is 2.33. The third kappa shape index (κ3) is 2.88. The molecule has 0 aliphatic heterocycles. The van der Waals surface area contributed by atoms with Crippen LogP contribution < -0.4 is 0 Å². The maximum Gasteiger partial charge on any atom is 0.268 e. The van der Waals surface area contributed by atoms with Gasteiger partial charge in [0.2, 0.25) is 0 Å². The Labute approximate surface area is 169 Å². The summed E-state index contributed by atoms with van der Waals surface area (Å²) in [7, 11) is -3.93. The fourth-order valence-electron chi connectivity index (χ4n) is 4.15. The maximum absolute atomic E-state index is 14.7. The van der Waals surface area contributed by atoms with E-state index in [-0.39, 0.29) is 10.8 Å². The quantitative estimate of drug-likeness (QED) is 0.527. The largest absolute Gasteiger partial charge is 0.268 e. The van der Waals surface area contributed by atoms with Crippen LogP contribution in [0.15, 0.2) is 53.6 Å². The topological polar surface area (TPSA) is 39.1 Å². The summed E-state index contributed by atoms with van der Waals surface area (Å²) in [6.45, 7) is 3.78. The van der Waals surface area contributed by atoms with E-state index in [1.54, 1.807) is 49.5 Å². The Balaban J connectivity index is 2.03. The van der Waals surface area contributed by atoms with Gasteiger partial charge in [-0.3, -0.25) is 0 Å². The van der Waals surface area contributed by atoms with Gasteiger partial charge in [-0.25, -0.2) is 16.8 Å². The van der Waals surface area contributed by atoms with Gasteiger partial charge in [0, 0.05) is 16.8 Å². The van der Waals surface area contributed by atoms with E-state index in [0.717, 1.165) is 30.4 Å². The summed E-state index contributed by atoms with van der Waals surface area (Å²) in [5, 5.41) is 0.389. The molecule has 3 nitrogen and oxygen atoms in total. The van der Waals surface area contributed by atoms with Gasteiger partial charge in [-0.2, -0.15) is 0 Å². The Morgan fingerprint density at radius 2 is 1.93 bits per heavy atom. The van der Waals surface area contributed by atoms with E-state index < -0.39 is 15.8 Å². The van der Waals surface area contributed by atoms with Crippen LogP contribution >= 0.6 is 11.6 Å². The van der Waals surface area contributed by atoms with Gasteiger partial charge in [0.05, 0.1) is 10.6 Å². The van der Waals surface area contributed by atoms with E-state index in [4.69, 9.17) is 11.6 Å². The number of halogens is 2. The minimum absolute atomic E-state index is 0.138. The number of aromatic nitrogens is 1. The Hall–Kier alpha value is -2.11. The molecule has 6 heteroatoms. The first kappa shape index (κ1) is 19.2. The van der Waals surface area contributed by atoms with E-state index in [0.29, 0.717) is 21.8 Å². The molecule has 0 bridgehead atoms. The van der Waals surface area contributed by atoms with E-state index in [2.05, 4.69) is 6.92 Å². The van der Waals surface area contributed by atoms with E-state index in [1.807, 2.05) is 0 Å². The molecule has 1 atom stereocenters. The number of hydrogen-bond acceptors (Lipinski definition) is 2. The minimum atomic E-state index is -3.93. The van der Waals surface area contributed by atoms with Crippen molar-refractivity contribution in [2.24, 2.45) is 0 Å². The predicted molar refractivity (Wildman–Crippen MR) is 110 cm³/mol. The smallest absolute Gasteiger partial charge is 0.240 e. The summed E-state index contributed by atoms with van der Waals surface area (Å²) in [5.41, 5.74) is 3.17. The second-order valence-electron chi connectivity index (χ2n) is 7.20. The van der Waals surface area contributed by atoms with Gasteiger partial charge in [0.25, 0.3) is 10.0 Å². The highest BCUT2D eigenvalue weighted by atomic mass is 35.5. The zero-order valence-corrected chi connectivity index (χ0v) is 17.3. The molecular weight excluding hydrogens is 397 g/mol. The van der Waals surface area contributed by atoms with Crippen LogP contribution in [0.3, 0.4) is 0 Å². The Kier molecular flexibility index (Phi) is 4.84. The van der Waals surface area contributed by atoms with Crippen molar-refractivity contribution < 1.29 is 12.8 Å². The zero-order chi connectivity index (χ0) is 20.1. The summed E-state index contributed by atoms with van der Waals surface area (Å²) in [6.07, 6.45) is 4.31. The van der Waals surface area contributed by atoms with Gasteiger partial charge in [0.1, 0.15) is 5.82 Å². The van der Waals surface area contributed by atoms with Crippen LogP contribution in [0.1, 0.15) is 42.4 Å². The van der Waals surface area contributed by atoms with E-state index in [9.17, 15) is 12.8 Å². The molecule has 0 fully saturated rings. The molecule has 0 N–H and O–H groups in total. The molecule has 4 rings (SSSR count). The van der Waals surface area contributed by atoms with Crippen LogP contribution in [0.5, 0.6) is 0 Å². The second-order valence-corrected chi connectivity index (χ2v) is 9.39. The van der Waals surface area contributed by atoms with Crippen molar-refractivity contribution in [3.05, 3.63) is 76.2 Å². The minimum Gasteiger partial charge on any atom is -0.240 e. The van der Waals surface area contributed by atoms with Crippen molar-refractivity contribution in [1.82, 2.24) is 3.97 Å². The van der Waals surface area contributed by atoms with Gasteiger partial charge in [-0.05, 0) is 73.1 Å². The van der Waals surface area contributed by atoms with Crippen LogP contribution in [0.4, 0.5) is 4.39 Å². The van der Waals surface area contributed by atoms with Crippen molar-refractivity contribution in [2.45, 2.75) is 43.9 Å². The molecule has 3 aromatic rings. The lowest BCUT2D eigenvalue weighted by atomic mass is 10.0. The van der Waals surface area contributed by atoms with Gasteiger partial charge in [-0.1, -0.05) is 36.7 Å². The normalized spacial score (nSPS) is 16.4. The Bertz CT molecular complexity index is 1170. The lowest BCUT2D eigenvalue weighted by Crippen LogP contribution is -2.16. The number of benzene rings is 2. The molecule has 0 saturated carbocycles. The van der Waals surface area contributed by atoms with Crippen molar-refractivity contribution in [3.8, 4) is 11.3 Å². The number of fused-ring (bicyclic) bond motifs is 1. The lowest BCUT2D eigenvalue weighted by Gasteiger charge is -2.15. The van der Waals surface area contributed by atoms with Crippen molar-refractivity contribution in [3.63, 3.8) is 0 Å². The summed E-state index contributed by atoms with van der Waals surface area (Å²) < 4.78 is 43.1. The van der Waals surface area contributed by atoms with Crippen LogP contribution in [0.2, 0.25) is 5.02 Å². The summed E-state index contributed by atoms with van der Waals surface area (Å²) in [6, 6.07) is 11.2. The van der Waals surface area contributed by atoms with Crippen molar-refractivity contribution >= 4 is 21.6 Å². The summed E-state index contributed by atoms with van der Waals surface area (Å²) in [5.74, 6) is -0.139. The summed E-state index contributed by atoms with van der Waals surface area (Å²) >= 11 is 6.18. The molecule has 146 valence electrons. The van der Waals surface area contributed by atoms with Gasteiger partial charge in [-0.15, -0.1) is 0 Å². The predicted octanol–water partition coefficient (Wildman–Crippen LogP) is 5.93. The molecule has 0 radical (unpaired) electrons. The third-order valence-electron chi connectivity index (χ3n) is 5.67. The third-order valence-corrected chi connectivity index (χ3v) is 7.88. The van der Waals surface area contributed by atoms with E-state index >= 15 is 0 Å². The average Bonchev–Trinajstić information content (AvgIpc) is 3.23. The highest BCUT2D eigenvalue weighted by molar-refractivity contribution is 7.90. The molecule has 2 aromatic carbocycles. The fourth-order valence-corrected chi connectivity index (χ4v) is 6.04. The number of nitrogens with zero attached hydrogens (tertiary/aromatic N) is 1. The van der Waals surface area contributed by atoms with Gasteiger partial charge in [0.15, 0.2) is 0 Å². The monoisotopic (exact) mass is 417 g/mol. The second kappa shape index (κ2) is 7.05. The number of rotatable bonds is 4. The molecule has 1 aliphatic rings. The molecule has 1 heterocycles. The van der Waals surface area contributed by atoms with E-state index in [1.165, 1.54) is 10.0 Å². The SMILES string of the molecule is CCC1CCc2c1cn(S(=O)(=O)c1cccc(Cl)c1C)c2-c1ccccc1F. The Morgan fingerprint density at radius 3 is 2.64 bits per heavy atom. The van der Waals surface area contributed by atoms with Crippen LogP contribution in [-0.2, 0) is 16.4 Å². The molecule has 1 aromatic heterocycles. The number of hydrogen-bond donors (Lipinski definition) is 0. The molecule has 1 aliphatic carbocycles. The first-order chi connectivity index (χ1) is 13.4. The first-order valence-electron chi connectivity index (χ1n) is 9.36. The fraction of sp³-hybridized carbons (Fsp3) is 0.273. The van der Waals surface area contributed by atoms with Gasteiger partial charge >= 0.3 is 0 Å². The van der Waals surface area contributed by atoms with Crippen molar-refractivity contribution in [2.75, 3.05) is 0 Å². The Morgan fingerprint density at radius 1 is 1.18 bits per heavy atom. The maximum atomic E-state index is 14.7. The summed E-state index contributed by atoms with van der Waals surface area (Å²) in [4.78, 5) is 0.138. The molecule has 1 unspecified atom stereocenters. The van der Waals surface area contributed by atoms with Crippen molar-refractivity contribution in [1.29, 1.82) is 0 Å². The highest BCUT2D eigenvalue weighted by Crippen LogP contribution is 2.44. The van der Waals surface area contributed by atoms with Crippen LogP contribution in [0.25, 0.3) is 11.3 Å². The lowest BCUT2D eigenvalue weighted by molar-refractivity contribution is 0.585. The zero-order valence-electron chi connectivity index (χ0n) is 15.7. The average molecular weight is 418 g/mol. The molecule has 0 spiro atoms. The molecule has 0 saturated heterocycles. The van der Waals surface area contributed by atoms with Crippen LogP contribution in [-0.4, -0.2) is 12.4 Å². The molecule has 0 amide bonds. The molecule has 28 heavy (non-hydrogen) atoms. The standard InChI is InChI=1S/C22H21ClFNO2S/c1-3-15-11-12-16-18(15)13-25(22(16)17-7-4-5-9-20(17)24)28(26,27)21-10-6-8-19(23)14(21)2/h4-10,13,15H,3,11-12H2,1-2H3. The molecular formula is C22H21ClFNO2S. The van der Waals surface area contributed by atoms with Crippen LogP contribution in [0, 0.1) is 12.7 Å².